The van der Waals surface area contributed by atoms with Crippen LogP contribution in [0.2, 0.25) is 0 Å². The Bertz CT molecular complexity index is 1160. The highest BCUT2D eigenvalue weighted by atomic mass is 16.5. The van der Waals surface area contributed by atoms with Gasteiger partial charge in [0.25, 0.3) is 0 Å². The van der Waals surface area contributed by atoms with E-state index in [0.29, 0.717) is 11.1 Å². The first-order valence-corrected chi connectivity index (χ1v) is 9.90. The molecule has 156 valence electrons. The van der Waals surface area contributed by atoms with Crippen LogP contribution in [0.3, 0.4) is 0 Å². The quantitative estimate of drug-likeness (QED) is 0.238. The second-order valence-electron chi connectivity index (χ2n) is 6.83. The standard InChI is InChI=1S/C27H18O5/c28-25(21-15-7-9-17-23(21)31-26(29)19-11-3-1-4-12-19)22-16-8-10-18-24(22)32-27(30)20-13-5-2-6-14-20/h1-18H. The van der Waals surface area contributed by atoms with Gasteiger partial charge in [-0.15, -0.1) is 0 Å². The molecule has 0 saturated heterocycles. The summed E-state index contributed by atoms with van der Waals surface area (Å²) in [5, 5.41) is 0. The van der Waals surface area contributed by atoms with Crippen molar-refractivity contribution >= 4 is 17.7 Å². The minimum Gasteiger partial charge on any atom is -0.422 e. The predicted octanol–water partition coefficient (Wildman–Crippen LogP) is 5.36. The van der Waals surface area contributed by atoms with Crippen LogP contribution in [0.25, 0.3) is 0 Å². The minimum absolute atomic E-state index is 0.121. The van der Waals surface area contributed by atoms with Crippen LogP contribution >= 0.6 is 0 Å². The highest BCUT2D eigenvalue weighted by molar-refractivity contribution is 6.13. The van der Waals surface area contributed by atoms with Gasteiger partial charge in [-0.3, -0.25) is 4.79 Å². The number of hydrogen-bond acceptors (Lipinski definition) is 5. The van der Waals surface area contributed by atoms with Crippen molar-refractivity contribution < 1.29 is 23.9 Å². The van der Waals surface area contributed by atoms with E-state index in [1.165, 1.54) is 0 Å². The summed E-state index contributed by atoms with van der Waals surface area (Å²) < 4.78 is 11.0. The van der Waals surface area contributed by atoms with Crippen LogP contribution < -0.4 is 9.47 Å². The second kappa shape index (κ2) is 9.53. The van der Waals surface area contributed by atoms with Crippen LogP contribution in [0.5, 0.6) is 11.5 Å². The lowest BCUT2D eigenvalue weighted by molar-refractivity contribution is 0.0725. The summed E-state index contributed by atoms with van der Waals surface area (Å²) >= 11 is 0. The molecule has 4 rings (SSSR count). The molecule has 5 heteroatoms. The van der Waals surface area contributed by atoms with Gasteiger partial charge in [0.1, 0.15) is 11.5 Å². The fourth-order valence-electron chi connectivity index (χ4n) is 3.10. The van der Waals surface area contributed by atoms with E-state index in [-0.39, 0.29) is 22.6 Å². The fourth-order valence-corrected chi connectivity index (χ4v) is 3.10. The summed E-state index contributed by atoms with van der Waals surface area (Å²) in [6, 6.07) is 29.9. The molecule has 0 radical (unpaired) electrons. The Balaban J connectivity index is 1.62. The van der Waals surface area contributed by atoms with Gasteiger partial charge < -0.3 is 9.47 Å². The lowest BCUT2D eigenvalue weighted by Gasteiger charge is -2.12. The molecule has 4 aromatic carbocycles. The number of para-hydroxylation sites is 2. The fraction of sp³-hybridized carbons (Fsp3) is 0. The van der Waals surface area contributed by atoms with Gasteiger partial charge in [-0.1, -0.05) is 60.7 Å². The Morgan fingerprint density at radius 2 is 0.781 bits per heavy atom. The third kappa shape index (κ3) is 4.63. The molecule has 4 aromatic rings. The predicted molar refractivity (Wildman–Crippen MR) is 119 cm³/mol. The van der Waals surface area contributed by atoms with E-state index >= 15 is 0 Å². The third-order valence-corrected chi connectivity index (χ3v) is 4.69. The van der Waals surface area contributed by atoms with E-state index in [9.17, 15) is 14.4 Å². The number of rotatable bonds is 6. The molecule has 32 heavy (non-hydrogen) atoms. The molecule has 5 nitrogen and oxygen atoms in total. The topological polar surface area (TPSA) is 69.7 Å². The van der Waals surface area contributed by atoms with Crippen molar-refractivity contribution in [2.45, 2.75) is 0 Å². The molecule has 0 saturated carbocycles. The number of hydrogen-bond donors (Lipinski definition) is 0. The number of ether oxygens (including phenoxy) is 2. The number of esters is 2. The molecular weight excluding hydrogens is 404 g/mol. The summed E-state index contributed by atoms with van der Waals surface area (Å²) in [4.78, 5) is 38.3. The van der Waals surface area contributed by atoms with Gasteiger partial charge in [-0.05, 0) is 48.5 Å². The maximum atomic E-state index is 13.3. The molecule has 0 bridgehead atoms. The van der Waals surface area contributed by atoms with Crippen LogP contribution in [0.1, 0.15) is 36.6 Å². The van der Waals surface area contributed by atoms with Gasteiger partial charge in [0.05, 0.1) is 22.3 Å². The highest BCUT2D eigenvalue weighted by Gasteiger charge is 2.21. The van der Waals surface area contributed by atoms with E-state index in [4.69, 9.17) is 9.47 Å². The molecule has 0 heterocycles. The van der Waals surface area contributed by atoms with E-state index in [1.54, 1.807) is 109 Å². The van der Waals surface area contributed by atoms with E-state index in [0.717, 1.165) is 0 Å². The maximum Gasteiger partial charge on any atom is 0.343 e. The molecule has 0 unspecified atom stereocenters. The number of carbonyl (C=O) groups is 3. The van der Waals surface area contributed by atoms with E-state index in [1.807, 2.05) is 0 Å². The molecule has 0 N–H and O–H groups in total. The largest absolute Gasteiger partial charge is 0.422 e. The molecule has 0 aliphatic carbocycles. The molecule has 0 atom stereocenters. The van der Waals surface area contributed by atoms with Gasteiger partial charge in [0.2, 0.25) is 5.78 Å². The van der Waals surface area contributed by atoms with Crippen molar-refractivity contribution in [2.24, 2.45) is 0 Å². The van der Waals surface area contributed by atoms with Gasteiger partial charge >= 0.3 is 11.9 Å². The molecule has 0 aliphatic rings. The first-order chi connectivity index (χ1) is 15.6. The first kappa shape index (κ1) is 20.8. The van der Waals surface area contributed by atoms with Crippen LogP contribution in [-0.2, 0) is 0 Å². The normalized spacial score (nSPS) is 10.2. The Morgan fingerprint density at radius 3 is 1.19 bits per heavy atom. The summed E-state index contributed by atoms with van der Waals surface area (Å²) in [5.74, 6) is -1.34. The summed E-state index contributed by atoms with van der Waals surface area (Å²) in [5.41, 5.74) is 1.10. The lowest BCUT2D eigenvalue weighted by atomic mass is 10.0. The smallest absolute Gasteiger partial charge is 0.343 e. The zero-order valence-corrected chi connectivity index (χ0v) is 16.9. The highest BCUT2D eigenvalue weighted by Crippen LogP contribution is 2.27. The zero-order valence-electron chi connectivity index (χ0n) is 16.9. The molecular formula is C27H18O5. The average Bonchev–Trinajstić information content (AvgIpc) is 2.85. The van der Waals surface area contributed by atoms with Gasteiger partial charge in [0.15, 0.2) is 0 Å². The van der Waals surface area contributed by atoms with E-state index < -0.39 is 17.7 Å². The number of benzene rings is 4. The van der Waals surface area contributed by atoms with Gasteiger partial charge in [-0.2, -0.15) is 0 Å². The maximum absolute atomic E-state index is 13.3. The SMILES string of the molecule is O=C(Oc1ccccc1C(=O)c1ccccc1OC(=O)c1ccccc1)c1ccccc1. The Labute approximate surface area is 184 Å². The Morgan fingerprint density at radius 1 is 0.438 bits per heavy atom. The van der Waals surface area contributed by atoms with Crippen LogP contribution in [-0.4, -0.2) is 17.7 Å². The summed E-state index contributed by atoms with van der Waals surface area (Å²) in [6.45, 7) is 0. The second-order valence-corrected chi connectivity index (χ2v) is 6.83. The minimum atomic E-state index is -0.574. The summed E-state index contributed by atoms with van der Waals surface area (Å²) in [7, 11) is 0. The lowest BCUT2D eigenvalue weighted by Crippen LogP contribution is -2.14. The Kier molecular flexibility index (Phi) is 6.18. The van der Waals surface area contributed by atoms with E-state index in [2.05, 4.69) is 0 Å². The zero-order chi connectivity index (χ0) is 22.3. The van der Waals surface area contributed by atoms with Crippen LogP contribution in [0.4, 0.5) is 0 Å². The third-order valence-electron chi connectivity index (χ3n) is 4.69. The number of carbonyl (C=O) groups excluding carboxylic acids is 3. The van der Waals surface area contributed by atoms with Crippen LogP contribution in [0, 0.1) is 0 Å². The molecule has 0 spiro atoms. The molecule has 0 amide bonds. The van der Waals surface area contributed by atoms with Crippen molar-refractivity contribution in [3.63, 3.8) is 0 Å². The first-order valence-electron chi connectivity index (χ1n) is 9.90. The molecule has 0 aliphatic heterocycles. The van der Waals surface area contributed by atoms with Crippen LogP contribution in [0.15, 0.2) is 109 Å². The number of ketones is 1. The van der Waals surface area contributed by atoms with Gasteiger partial charge in [0, 0.05) is 0 Å². The van der Waals surface area contributed by atoms with Crippen molar-refractivity contribution in [2.75, 3.05) is 0 Å². The average molecular weight is 422 g/mol. The summed E-state index contributed by atoms with van der Waals surface area (Å²) in [6.07, 6.45) is 0. The Hall–Kier alpha value is -4.51. The van der Waals surface area contributed by atoms with Gasteiger partial charge in [-0.25, -0.2) is 9.59 Å². The molecule has 0 aromatic heterocycles. The van der Waals surface area contributed by atoms with Crippen molar-refractivity contribution in [1.29, 1.82) is 0 Å². The van der Waals surface area contributed by atoms with Crippen molar-refractivity contribution in [3.8, 4) is 11.5 Å². The van der Waals surface area contributed by atoms with Crippen molar-refractivity contribution in [3.05, 3.63) is 131 Å². The molecule has 0 fully saturated rings. The monoisotopic (exact) mass is 422 g/mol. The van der Waals surface area contributed by atoms with Crippen molar-refractivity contribution in [1.82, 2.24) is 0 Å².